The van der Waals surface area contributed by atoms with Crippen LogP contribution in [0.2, 0.25) is 0 Å². The Balaban J connectivity index is 1.74. The van der Waals surface area contributed by atoms with Crippen LogP contribution in [0.1, 0.15) is 78.1 Å². The molecule has 1 heterocycles. The predicted octanol–water partition coefficient (Wildman–Crippen LogP) is 4.07. The van der Waals surface area contributed by atoms with Gasteiger partial charge < -0.3 is 11.1 Å². The third-order valence-electron chi connectivity index (χ3n) is 6.57. The number of nitrogens with two attached hydrogens (primary N) is 1. The molecule has 0 aromatic heterocycles. The average Bonchev–Trinajstić information content (AvgIpc) is 2.89. The molecule has 3 rings (SSSR count). The van der Waals surface area contributed by atoms with Crippen LogP contribution < -0.4 is 11.1 Å². The van der Waals surface area contributed by atoms with E-state index >= 15 is 0 Å². The number of nitrogens with one attached hydrogen (secondary N) is 1. The SMILES string of the molecule is CCCCCC[C@H]1C2N=C(N)NC3CCC(C[C@H]1CCC)C32. The topological polar surface area (TPSA) is 50.4 Å². The summed E-state index contributed by atoms with van der Waals surface area (Å²) in [5, 5.41) is 3.48. The van der Waals surface area contributed by atoms with Gasteiger partial charge in [-0.05, 0) is 43.4 Å². The van der Waals surface area contributed by atoms with E-state index in [-0.39, 0.29) is 0 Å². The van der Waals surface area contributed by atoms with Gasteiger partial charge in [-0.15, -0.1) is 0 Å². The summed E-state index contributed by atoms with van der Waals surface area (Å²) >= 11 is 0. The normalized spacial score (nSPS) is 40.0. The first-order valence-corrected chi connectivity index (χ1v) is 9.84. The van der Waals surface area contributed by atoms with Gasteiger partial charge in [0.25, 0.3) is 0 Å². The molecule has 0 aromatic carbocycles. The van der Waals surface area contributed by atoms with Gasteiger partial charge in [0.2, 0.25) is 0 Å². The lowest BCUT2D eigenvalue weighted by Crippen LogP contribution is -2.56. The fraction of sp³-hybridized carbons (Fsp3) is 0.947. The van der Waals surface area contributed by atoms with Gasteiger partial charge in [-0.3, -0.25) is 0 Å². The lowest BCUT2D eigenvalue weighted by atomic mass is 9.63. The Morgan fingerprint density at radius 3 is 2.73 bits per heavy atom. The molecule has 0 bridgehead atoms. The molecule has 3 aliphatic rings. The largest absolute Gasteiger partial charge is 0.370 e. The zero-order valence-corrected chi connectivity index (χ0v) is 14.6. The van der Waals surface area contributed by atoms with E-state index in [1.165, 1.54) is 64.2 Å². The van der Waals surface area contributed by atoms with Crippen molar-refractivity contribution in [2.75, 3.05) is 0 Å². The van der Waals surface area contributed by atoms with Crippen molar-refractivity contribution in [1.82, 2.24) is 5.32 Å². The average molecular weight is 306 g/mol. The van der Waals surface area contributed by atoms with E-state index in [2.05, 4.69) is 19.2 Å². The van der Waals surface area contributed by atoms with Crippen molar-refractivity contribution >= 4 is 5.96 Å². The van der Waals surface area contributed by atoms with Crippen molar-refractivity contribution in [2.45, 2.75) is 90.1 Å². The molecule has 0 aromatic rings. The molecule has 2 fully saturated rings. The summed E-state index contributed by atoms with van der Waals surface area (Å²) in [7, 11) is 0. The summed E-state index contributed by atoms with van der Waals surface area (Å²) in [6.45, 7) is 4.64. The van der Waals surface area contributed by atoms with Crippen LogP contribution in [-0.2, 0) is 0 Å². The molecular weight excluding hydrogens is 270 g/mol. The summed E-state index contributed by atoms with van der Waals surface area (Å²) in [5.74, 6) is 4.09. The van der Waals surface area contributed by atoms with Crippen molar-refractivity contribution < 1.29 is 0 Å². The van der Waals surface area contributed by atoms with Crippen LogP contribution in [0.3, 0.4) is 0 Å². The lowest BCUT2D eigenvalue weighted by molar-refractivity contribution is 0.0749. The zero-order chi connectivity index (χ0) is 15.5. The fourth-order valence-electron chi connectivity index (χ4n) is 5.68. The molecule has 0 amide bonds. The molecule has 3 N–H and O–H groups in total. The molecule has 22 heavy (non-hydrogen) atoms. The van der Waals surface area contributed by atoms with Crippen molar-refractivity contribution in [3.05, 3.63) is 0 Å². The van der Waals surface area contributed by atoms with Crippen LogP contribution in [-0.4, -0.2) is 18.0 Å². The minimum atomic E-state index is 0.519. The number of aliphatic imine (C=N–C) groups is 1. The molecule has 1 aliphatic heterocycles. The summed E-state index contributed by atoms with van der Waals surface area (Å²) in [5.41, 5.74) is 6.12. The fourth-order valence-corrected chi connectivity index (χ4v) is 5.68. The third-order valence-corrected chi connectivity index (χ3v) is 6.57. The van der Waals surface area contributed by atoms with E-state index in [1.807, 2.05) is 0 Å². The number of guanidine groups is 1. The van der Waals surface area contributed by atoms with Crippen LogP contribution in [0.5, 0.6) is 0 Å². The highest BCUT2D eigenvalue weighted by atomic mass is 15.2. The van der Waals surface area contributed by atoms with E-state index in [1.54, 1.807) is 0 Å². The first-order chi connectivity index (χ1) is 10.7. The van der Waals surface area contributed by atoms with Crippen LogP contribution in [0.25, 0.3) is 0 Å². The third kappa shape index (κ3) is 3.14. The summed E-state index contributed by atoms with van der Waals surface area (Å²) in [6.07, 6.45) is 13.8. The molecule has 6 atom stereocenters. The van der Waals surface area contributed by atoms with Gasteiger partial charge in [0.05, 0.1) is 6.04 Å². The maximum Gasteiger partial charge on any atom is 0.189 e. The first kappa shape index (κ1) is 16.1. The van der Waals surface area contributed by atoms with E-state index < -0.39 is 0 Å². The molecule has 3 nitrogen and oxygen atoms in total. The second kappa shape index (κ2) is 7.23. The molecule has 0 radical (unpaired) electrons. The van der Waals surface area contributed by atoms with Crippen LogP contribution in [0, 0.1) is 23.7 Å². The van der Waals surface area contributed by atoms with Crippen molar-refractivity contribution in [1.29, 1.82) is 0 Å². The quantitative estimate of drug-likeness (QED) is 0.696. The first-order valence-electron chi connectivity index (χ1n) is 9.84. The lowest BCUT2D eigenvalue weighted by Gasteiger charge is -2.47. The number of hydrogen-bond donors (Lipinski definition) is 2. The van der Waals surface area contributed by atoms with Gasteiger partial charge in [0.1, 0.15) is 0 Å². The van der Waals surface area contributed by atoms with Crippen molar-refractivity contribution in [3.63, 3.8) is 0 Å². The van der Waals surface area contributed by atoms with E-state index in [4.69, 9.17) is 10.7 Å². The highest BCUT2D eigenvalue weighted by Gasteiger charge is 2.51. The maximum absolute atomic E-state index is 6.12. The Hall–Kier alpha value is -0.730. The zero-order valence-electron chi connectivity index (χ0n) is 14.6. The Bertz CT molecular complexity index is 392. The maximum atomic E-state index is 6.12. The van der Waals surface area contributed by atoms with Crippen LogP contribution >= 0.6 is 0 Å². The minimum absolute atomic E-state index is 0.519. The van der Waals surface area contributed by atoms with E-state index in [0.717, 1.165) is 29.6 Å². The molecule has 0 saturated heterocycles. The second-order valence-corrected chi connectivity index (χ2v) is 7.97. The number of nitrogens with zero attached hydrogens (tertiary/aromatic N) is 1. The Morgan fingerprint density at radius 2 is 1.95 bits per heavy atom. The molecular formula is C19H35N3. The highest BCUT2D eigenvalue weighted by Crippen LogP contribution is 2.51. The standard InChI is InChI=1S/C19H35N3/c1-3-5-6-7-9-15-13(8-4-2)12-14-10-11-16-17(14)18(15)22-19(20)21-16/h13-18H,3-12H2,1-2H3,(H3,20,21,22)/t13-,14?,15-,16?,17?,18?/m1/s1. The Morgan fingerprint density at radius 1 is 1.09 bits per heavy atom. The summed E-state index contributed by atoms with van der Waals surface area (Å²) < 4.78 is 0. The monoisotopic (exact) mass is 305 g/mol. The van der Waals surface area contributed by atoms with Crippen molar-refractivity contribution in [3.8, 4) is 0 Å². The molecule has 0 spiro atoms. The Labute approximate surface area is 136 Å². The number of unbranched alkanes of at least 4 members (excludes halogenated alkanes) is 3. The van der Waals surface area contributed by atoms with Gasteiger partial charge in [-0.1, -0.05) is 52.4 Å². The number of hydrogen-bond acceptors (Lipinski definition) is 3. The van der Waals surface area contributed by atoms with Gasteiger partial charge in [0, 0.05) is 12.0 Å². The molecule has 126 valence electrons. The van der Waals surface area contributed by atoms with Crippen LogP contribution in [0.15, 0.2) is 4.99 Å². The molecule has 2 saturated carbocycles. The van der Waals surface area contributed by atoms with E-state index in [0.29, 0.717) is 12.1 Å². The smallest absolute Gasteiger partial charge is 0.189 e. The molecule has 4 unspecified atom stereocenters. The second-order valence-electron chi connectivity index (χ2n) is 7.97. The van der Waals surface area contributed by atoms with Gasteiger partial charge >= 0.3 is 0 Å². The molecule has 2 aliphatic carbocycles. The highest BCUT2D eigenvalue weighted by molar-refractivity contribution is 5.79. The van der Waals surface area contributed by atoms with Gasteiger partial charge in [-0.2, -0.15) is 0 Å². The number of rotatable bonds is 7. The van der Waals surface area contributed by atoms with Crippen LogP contribution in [0.4, 0.5) is 0 Å². The van der Waals surface area contributed by atoms with Gasteiger partial charge in [-0.25, -0.2) is 4.99 Å². The van der Waals surface area contributed by atoms with Crippen molar-refractivity contribution in [2.24, 2.45) is 34.4 Å². The molecule has 3 heteroatoms. The Kier molecular flexibility index (Phi) is 5.30. The summed E-state index contributed by atoms with van der Waals surface area (Å²) in [6, 6.07) is 1.14. The minimum Gasteiger partial charge on any atom is -0.370 e. The predicted molar refractivity (Wildman–Crippen MR) is 93.8 cm³/mol. The van der Waals surface area contributed by atoms with E-state index in [9.17, 15) is 0 Å². The van der Waals surface area contributed by atoms with Gasteiger partial charge in [0.15, 0.2) is 5.96 Å². The summed E-state index contributed by atoms with van der Waals surface area (Å²) in [4.78, 5) is 4.94.